The summed E-state index contributed by atoms with van der Waals surface area (Å²) in [6.07, 6.45) is 0.655. The fraction of sp³-hybridized carbons (Fsp3) is 0.562. The molecule has 1 heterocycles. The lowest BCUT2D eigenvalue weighted by Crippen LogP contribution is -2.48. The van der Waals surface area contributed by atoms with E-state index in [9.17, 15) is 13.2 Å². The van der Waals surface area contributed by atoms with Crippen molar-refractivity contribution in [2.45, 2.75) is 32.1 Å². The van der Waals surface area contributed by atoms with E-state index in [0.29, 0.717) is 30.1 Å². The Hall–Kier alpha value is -1.44. The van der Waals surface area contributed by atoms with Gasteiger partial charge in [-0.15, -0.1) is 0 Å². The van der Waals surface area contributed by atoms with Gasteiger partial charge in [0.25, 0.3) is 0 Å². The first kappa shape index (κ1) is 17.9. The first-order valence-electron chi connectivity index (χ1n) is 8.01. The summed E-state index contributed by atoms with van der Waals surface area (Å²) in [5.74, 6) is -0.161. The quantitative estimate of drug-likeness (QED) is 0.883. The molecule has 1 fully saturated rings. The number of carbonyl (C=O) groups excluding carboxylic acids is 1. The number of nitrogens with zero attached hydrogens (tertiary/aromatic N) is 2. The summed E-state index contributed by atoms with van der Waals surface area (Å²) in [7, 11) is -3.48. The molecule has 0 saturated carbocycles. The van der Waals surface area contributed by atoms with Crippen LogP contribution < -0.4 is 5.32 Å². The van der Waals surface area contributed by atoms with E-state index in [-0.39, 0.29) is 5.91 Å². The fourth-order valence-corrected chi connectivity index (χ4v) is 4.24. The Morgan fingerprint density at radius 1 is 1.17 bits per heavy atom. The molecule has 1 aromatic rings. The van der Waals surface area contributed by atoms with Crippen molar-refractivity contribution >= 4 is 21.6 Å². The molecule has 0 bridgehead atoms. The van der Waals surface area contributed by atoms with E-state index in [2.05, 4.69) is 17.1 Å². The fourth-order valence-electron chi connectivity index (χ4n) is 2.77. The van der Waals surface area contributed by atoms with Crippen LogP contribution in [0.4, 0.5) is 5.69 Å². The minimum Gasteiger partial charge on any atom is -0.326 e. The van der Waals surface area contributed by atoms with Crippen molar-refractivity contribution in [1.29, 1.82) is 0 Å². The molecule has 128 valence electrons. The summed E-state index contributed by atoms with van der Waals surface area (Å²) in [5.41, 5.74) is 1.50. The average molecular weight is 339 g/mol. The van der Waals surface area contributed by atoms with Crippen molar-refractivity contribution < 1.29 is 13.2 Å². The minimum atomic E-state index is -3.48. The molecular weight excluding hydrogens is 314 g/mol. The summed E-state index contributed by atoms with van der Waals surface area (Å²) >= 11 is 0. The van der Waals surface area contributed by atoms with Crippen molar-refractivity contribution in [2.75, 3.05) is 38.0 Å². The second-order valence-electron chi connectivity index (χ2n) is 5.69. The van der Waals surface area contributed by atoms with Gasteiger partial charge in [0.1, 0.15) is 0 Å². The van der Waals surface area contributed by atoms with Crippen molar-refractivity contribution in [3.63, 3.8) is 0 Å². The number of carbonyl (C=O) groups is 1. The Labute approximate surface area is 138 Å². The molecule has 1 amide bonds. The second-order valence-corrected chi connectivity index (χ2v) is 7.63. The normalized spacial score (nSPS) is 17.2. The molecule has 6 nitrogen and oxygen atoms in total. The van der Waals surface area contributed by atoms with Gasteiger partial charge in [0, 0.05) is 38.8 Å². The highest BCUT2D eigenvalue weighted by molar-refractivity contribution is 7.89. The predicted molar refractivity (Wildman–Crippen MR) is 91.0 cm³/mol. The van der Waals surface area contributed by atoms with E-state index in [1.807, 2.05) is 6.92 Å². The number of rotatable bonds is 5. The van der Waals surface area contributed by atoms with Crippen LogP contribution in [-0.4, -0.2) is 56.3 Å². The molecule has 23 heavy (non-hydrogen) atoms. The summed E-state index contributed by atoms with van der Waals surface area (Å²) in [5, 5.41) is 2.74. The molecule has 0 atom stereocenters. The Kier molecular flexibility index (Phi) is 5.78. The highest BCUT2D eigenvalue weighted by atomic mass is 32.2. The van der Waals surface area contributed by atoms with E-state index in [4.69, 9.17) is 0 Å². The van der Waals surface area contributed by atoms with Crippen molar-refractivity contribution in [3.05, 3.63) is 23.8 Å². The molecule has 7 heteroatoms. The number of anilines is 1. The maximum absolute atomic E-state index is 12.8. The highest BCUT2D eigenvalue weighted by Gasteiger charge is 2.28. The number of hydrogen-bond acceptors (Lipinski definition) is 4. The van der Waals surface area contributed by atoms with E-state index >= 15 is 0 Å². The first-order valence-corrected chi connectivity index (χ1v) is 9.45. The van der Waals surface area contributed by atoms with Crippen LogP contribution in [0.25, 0.3) is 0 Å². The minimum absolute atomic E-state index is 0.161. The van der Waals surface area contributed by atoms with Crippen LogP contribution in [0, 0.1) is 0 Å². The van der Waals surface area contributed by atoms with Gasteiger partial charge in [0.15, 0.2) is 0 Å². The van der Waals surface area contributed by atoms with Gasteiger partial charge in [-0.05, 0) is 36.7 Å². The summed E-state index contributed by atoms with van der Waals surface area (Å²) in [4.78, 5) is 13.8. The molecule has 0 aliphatic carbocycles. The molecule has 0 aromatic heterocycles. The maximum atomic E-state index is 12.8. The van der Waals surface area contributed by atoms with Crippen molar-refractivity contribution in [3.8, 4) is 0 Å². The summed E-state index contributed by atoms with van der Waals surface area (Å²) in [6, 6.07) is 4.92. The van der Waals surface area contributed by atoms with Gasteiger partial charge in [-0.3, -0.25) is 4.79 Å². The number of piperazine rings is 1. The number of likely N-dealkylation sites (N-methyl/N-ethyl adjacent to an activating group) is 1. The van der Waals surface area contributed by atoms with Gasteiger partial charge < -0.3 is 10.2 Å². The summed E-state index contributed by atoms with van der Waals surface area (Å²) < 4.78 is 27.2. The zero-order chi connectivity index (χ0) is 17.0. The van der Waals surface area contributed by atoms with Crippen LogP contribution in [0.2, 0.25) is 0 Å². The van der Waals surface area contributed by atoms with E-state index in [0.717, 1.165) is 25.2 Å². The average Bonchev–Trinajstić information content (AvgIpc) is 2.54. The Balaban J connectivity index is 2.24. The maximum Gasteiger partial charge on any atom is 0.243 e. The molecule has 2 rings (SSSR count). The zero-order valence-electron chi connectivity index (χ0n) is 14.0. The summed E-state index contributed by atoms with van der Waals surface area (Å²) in [6.45, 7) is 8.98. The van der Waals surface area contributed by atoms with Gasteiger partial charge in [-0.25, -0.2) is 8.42 Å². The topological polar surface area (TPSA) is 69.7 Å². The van der Waals surface area contributed by atoms with Gasteiger partial charge in [-0.2, -0.15) is 4.31 Å². The lowest BCUT2D eigenvalue weighted by Gasteiger charge is -2.33. The van der Waals surface area contributed by atoms with Gasteiger partial charge in [0.2, 0.25) is 15.9 Å². The number of sulfonamides is 1. The molecular formula is C16H25N3O3S. The molecule has 1 N–H and O–H groups in total. The smallest absolute Gasteiger partial charge is 0.243 e. The van der Waals surface area contributed by atoms with E-state index < -0.39 is 10.0 Å². The predicted octanol–water partition coefficient (Wildman–Crippen LogP) is 1.53. The zero-order valence-corrected chi connectivity index (χ0v) is 14.8. The molecule has 0 unspecified atom stereocenters. The van der Waals surface area contributed by atoms with Crippen LogP contribution in [0.3, 0.4) is 0 Å². The Morgan fingerprint density at radius 3 is 2.35 bits per heavy atom. The monoisotopic (exact) mass is 339 g/mol. The second kappa shape index (κ2) is 7.42. The van der Waals surface area contributed by atoms with Gasteiger partial charge in [-0.1, -0.05) is 13.8 Å². The number of nitrogens with one attached hydrogen (secondary N) is 1. The highest BCUT2D eigenvalue weighted by Crippen LogP contribution is 2.24. The standard InChI is InChI=1S/C16H25N3O3S/c1-4-14-12-15(6-7-16(14)17-13(3)20)23(21,22)19-10-8-18(5-2)9-11-19/h6-7,12H,4-5,8-11H2,1-3H3,(H,17,20). The molecule has 1 aliphatic heterocycles. The molecule has 1 aliphatic rings. The van der Waals surface area contributed by atoms with Crippen LogP contribution in [0.1, 0.15) is 26.3 Å². The first-order chi connectivity index (χ1) is 10.9. The van der Waals surface area contributed by atoms with Crippen molar-refractivity contribution in [1.82, 2.24) is 9.21 Å². The lowest BCUT2D eigenvalue weighted by molar-refractivity contribution is -0.114. The number of hydrogen-bond donors (Lipinski definition) is 1. The molecule has 1 saturated heterocycles. The molecule has 0 radical (unpaired) electrons. The van der Waals surface area contributed by atoms with E-state index in [1.165, 1.54) is 6.92 Å². The third-order valence-corrected chi connectivity index (χ3v) is 6.08. The largest absolute Gasteiger partial charge is 0.326 e. The number of amides is 1. The Bertz CT molecular complexity index is 665. The SMILES string of the molecule is CCc1cc(S(=O)(=O)N2CCN(CC)CC2)ccc1NC(C)=O. The number of benzene rings is 1. The van der Waals surface area contributed by atoms with Crippen LogP contribution in [-0.2, 0) is 21.2 Å². The van der Waals surface area contributed by atoms with E-state index in [1.54, 1.807) is 22.5 Å². The number of aryl methyl sites for hydroxylation is 1. The van der Waals surface area contributed by atoms with Gasteiger partial charge >= 0.3 is 0 Å². The van der Waals surface area contributed by atoms with Crippen LogP contribution >= 0.6 is 0 Å². The van der Waals surface area contributed by atoms with Crippen LogP contribution in [0.15, 0.2) is 23.1 Å². The molecule has 1 aromatic carbocycles. The third kappa shape index (κ3) is 4.10. The van der Waals surface area contributed by atoms with Gasteiger partial charge in [0.05, 0.1) is 4.90 Å². The third-order valence-electron chi connectivity index (χ3n) is 4.18. The van der Waals surface area contributed by atoms with Crippen LogP contribution in [0.5, 0.6) is 0 Å². The van der Waals surface area contributed by atoms with Crippen molar-refractivity contribution in [2.24, 2.45) is 0 Å². The molecule has 0 spiro atoms. The Morgan fingerprint density at radius 2 is 1.83 bits per heavy atom. The lowest BCUT2D eigenvalue weighted by atomic mass is 10.1.